The first-order valence-corrected chi connectivity index (χ1v) is 7.60. The number of halogens is 1. The molecule has 19 heavy (non-hydrogen) atoms. The number of hydrogen-bond donors (Lipinski definition) is 1. The molecule has 0 radical (unpaired) electrons. The molecule has 0 amide bonds. The number of carbonyl (C=O) groups is 1. The van der Waals surface area contributed by atoms with E-state index in [0.29, 0.717) is 11.3 Å². The fraction of sp³-hybridized carbons (Fsp3) is 0.533. The average molecular weight is 328 g/mol. The Morgan fingerprint density at radius 2 is 2.11 bits per heavy atom. The van der Waals surface area contributed by atoms with Crippen LogP contribution in [0, 0.1) is 0 Å². The lowest BCUT2D eigenvalue weighted by molar-refractivity contribution is 0.0320. The van der Waals surface area contributed by atoms with Crippen LogP contribution in [-0.4, -0.2) is 12.1 Å². The smallest absolute Gasteiger partial charge is 0.340 e. The van der Waals surface area contributed by atoms with Crippen molar-refractivity contribution in [3.05, 3.63) is 28.2 Å². The zero-order chi connectivity index (χ0) is 14.3. The van der Waals surface area contributed by atoms with Gasteiger partial charge in [-0.1, -0.05) is 42.1 Å². The molecule has 2 N–H and O–H groups in total. The number of nitrogens with two attached hydrogens (primary N) is 1. The number of unbranched alkanes of at least 4 members (excludes halogenated alkanes) is 3. The van der Waals surface area contributed by atoms with Gasteiger partial charge in [-0.2, -0.15) is 0 Å². The Morgan fingerprint density at radius 1 is 1.37 bits per heavy atom. The number of nitrogen functional groups attached to an aromatic ring is 1. The summed E-state index contributed by atoms with van der Waals surface area (Å²) >= 11 is 3.33. The van der Waals surface area contributed by atoms with Crippen LogP contribution in [0.3, 0.4) is 0 Å². The van der Waals surface area contributed by atoms with Crippen molar-refractivity contribution in [1.29, 1.82) is 0 Å². The number of hydrogen-bond acceptors (Lipinski definition) is 3. The summed E-state index contributed by atoms with van der Waals surface area (Å²) < 4.78 is 6.24. The maximum absolute atomic E-state index is 12.0. The molecule has 0 aliphatic rings. The van der Waals surface area contributed by atoms with Gasteiger partial charge in [0.1, 0.15) is 0 Å². The molecule has 0 saturated heterocycles. The summed E-state index contributed by atoms with van der Waals surface area (Å²) in [5.74, 6) is -0.346. The van der Waals surface area contributed by atoms with Gasteiger partial charge in [-0.3, -0.25) is 0 Å². The molecule has 0 saturated carbocycles. The second kappa shape index (κ2) is 8.20. The highest BCUT2D eigenvalue weighted by molar-refractivity contribution is 9.10. The summed E-state index contributed by atoms with van der Waals surface area (Å²) in [7, 11) is 0. The van der Waals surface area contributed by atoms with Gasteiger partial charge in [0.25, 0.3) is 0 Å². The molecule has 3 nitrogen and oxygen atoms in total. The third kappa shape index (κ3) is 5.64. The number of rotatable bonds is 7. The van der Waals surface area contributed by atoms with Crippen LogP contribution in [0.15, 0.2) is 22.7 Å². The Balaban J connectivity index is 2.47. The van der Waals surface area contributed by atoms with Crippen molar-refractivity contribution in [2.45, 2.75) is 52.1 Å². The highest BCUT2D eigenvalue weighted by Crippen LogP contribution is 2.20. The molecule has 0 bridgehead atoms. The predicted octanol–water partition coefficient (Wildman–Crippen LogP) is 4.55. The van der Waals surface area contributed by atoms with Crippen molar-refractivity contribution < 1.29 is 9.53 Å². The summed E-state index contributed by atoms with van der Waals surface area (Å²) in [4.78, 5) is 12.0. The summed E-state index contributed by atoms with van der Waals surface area (Å²) in [6.07, 6.45) is 5.57. The first-order valence-electron chi connectivity index (χ1n) is 6.80. The zero-order valence-corrected chi connectivity index (χ0v) is 13.2. The fourth-order valence-corrected chi connectivity index (χ4v) is 2.23. The molecule has 1 aromatic carbocycles. The number of benzene rings is 1. The number of carbonyl (C=O) groups excluding carboxylic acids is 1. The molecule has 0 spiro atoms. The highest BCUT2D eigenvalue weighted by Gasteiger charge is 2.15. The van der Waals surface area contributed by atoms with Crippen molar-refractivity contribution in [3.63, 3.8) is 0 Å². The molecule has 0 aromatic heterocycles. The van der Waals surface area contributed by atoms with Gasteiger partial charge < -0.3 is 10.5 Å². The van der Waals surface area contributed by atoms with Crippen LogP contribution in [0.5, 0.6) is 0 Å². The largest absolute Gasteiger partial charge is 0.459 e. The molecule has 0 aliphatic carbocycles. The van der Waals surface area contributed by atoms with Gasteiger partial charge in [0.2, 0.25) is 0 Å². The lowest BCUT2D eigenvalue weighted by atomic mass is 10.1. The normalized spacial score (nSPS) is 12.2. The first-order chi connectivity index (χ1) is 9.04. The highest BCUT2D eigenvalue weighted by atomic mass is 79.9. The van der Waals surface area contributed by atoms with Crippen molar-refractivity contribution in [1.82, 2.24) is 0 Å². The van der Waals surface area contributed by atoms with Gasteiger partial charge in [0, 0.05) is 10.2 Å². The molecule has 106 valence electrons. The van der Waals surface area contributed by atoms with Gasteiger partial charge in [0.15, 0.2) is 0 Å². The summed E-state index contributed by atoms with van der Waals surface area (Å²) in [5.41, 5.74) is 6.66. The van der Waals surface area contributed by atoms with E-state index >= 15 is 0 Å². The Labute approximate surface area is 123 Å². The maximum Gasteiger partial charge on any atom is 0.340 e. The molecular weight excluding hydrogens is 306 g/mol. The van der Waals surface area contributed by atoms with Crippen molar-refractivity contribution in [3.8, 4) is 0 Å². The Kier molecular flexibility index (Phi) is 6.92. The van der Waals surface area contributed by atoms with Gasteiger partial charge >= 0.3 is 5.97 Å². The Morgan fingerprint density at radius 3 is 2.79 bits per heavy atom. The monoisotopic (exact) mass is 327 g/mol. The topological polar surface area (TPSA) is 52.3 Å². The van der Waals surface area contributed by atoms with E-state index in [2.05, 4.69) is 22.9 Å². The lowest BCUT2D eigenvalue weighted by Gasteiger charge is -2.14. The van der Waals surface area contributed by atoms with Crippen LogP contribution >= 0.6 is 15.9 Å². The van der Waals surface area contributed by atoms with E-state index in [-0.39, 0.29) is 12.1 Å². The van der Waals surface area contributed by atoms with E-state index in [4.69, 9.17) is 10.5 Å². The number of ether oxygens (including phenoxy) is 1. The van der Waals surface area contributed by atoms with Crippen LogP contribution in [0.4, 0.5) is 5.69 Å². The van der Waals surface area contributed by atoms with E-state index in [1.807, 2.05) is 6.92 Å². The van der Waals surface area contributed by atoms with E-state index in [1.165, 1.54) is 19.3 Å². The standard InChI is InChI=1S/C15H22BrNO2/c1-3-4-5-6-7-11(2)19-15(18)13-10-12(16)8-9-14(13)17/h8-11H,3-7,17H2,1-2H3. The third-order valence-electron chi connectivity index (χ3n) is 3.01. The van der Waals surface area contributed by atoms with E-state index in [1.54, 1.807) is 18.2 Å². The minimum atomic E-state index is -0.346. The van der Waals surface area contributed by atoms with Crippen LogP contribution < -0.4 is 5.73 Å². The van der Waals surface area contributed by atoms with E-state index < -0.39 is 0 Å². The second-order valence-electron chi connectivity index (χ2n) is 4.80. The lowest BCUT2D eigenvalue weighted by Crippen LogP contribution is -2.16. The summed E-state index contributed by atoms with van der Waals surface area (Å²) in [6, 6.07) is 5.20. The zero-order valence-electron chi connectivity index (χ0n) is 11.6. The predicted molar refractivity (Wildman–Crippen MR) is 82.2 cm³/mol. The Hall–Kier alpha value is -1.03. The van der Waals surface area contributed by atoms with Crippen molar-refractivity contribution >= 4 is 27.6 Å². The molecular formula is C15H22BrNO2. The quantitative estimate of drug-likeness (QED) is 0.454. The fourth-order valence-electron chi connectivity index (χ4n) is 1.87. The average Bonchev–Trinajstić information content (AvgIpc) is 2.37. The number of anilines is 1. The molecule has 0 fully saturated rings. The van der Waals surface area contributed by atoms with Gasteiger partial charge in [0.05, 0.1) is 11.7 Å². The molecule has 1 aromatic rings. The molecule has 0 aliphatic heterocycles. The van der Waals surface area contributed by atoms with Crippen molar-refractivity contribution in [2.24, 2.45) is 0 Å². The maximum atomic E-state index is 12.0. The van der Waals surface area contributed by atoms with Gasteiger partial charge in [-0.15, -0.1) is 0 Å². The Bertz CT molecular complexity index is 421. The number of esters is 1. The van der Waals surface area contributed by atoms with Gasteiger partial charge in [-0.25, -0.2) is 4.79 Å². The summed E-state index contributed by atoms with van der Waals surface area (Å²) in [5, 5.41) is 0. The second-order valence-corrected chi connectivity index (χ2v) is 5.71. The van der Waals surface area contributed by atoms with Gasteiger partial charge in [-0.05, 0) is 38.0 Å². The molecule has 1 rings (SSSR count). The summed E-state index contributed by atoms with van der Waals surface area (Å²) in [6.45, 7) is 4.11. The van der Waals surface area contributed by atoms with Crippen LogP contribution in [0.1, 0.15) is 56.3 Å². The molecule has 4 heteroatoms. The van der Waals surface area contributed by atoms with E-state index in [9.17, 15) is 4.79 Å². The minimum Gasteiger partial charge on any atom is -0.459 e. The van der Waals surface area contributed by atoms with Crippen LogP contribution in [-0.2, 0) is 4.74 Å². The van der Waals surface area contributed by atoms with Crippen molar-refractivity contribution in [2.75, 3.05) is 5.73 Å². The van der Waals surface area contributed by atoms with Crippen LogP contribution in [0.25, 0.3) is 0 Å². The minimum absolute atomic E-state index is 0.0669. The third-order valence-corrected chi connectivity index (χ3v) is 3.50. The molecule has 1 unspecified atom stereocenters. The van der Waals surface area contributed by atoms with E-state index in [0.717, 1.165) is 17.3 Å². The molecule has 1 atom stereocenters. The first kappa shape index (κ1) is 16.0. The SMILES string of the molecule is CCCCCCC(C)OC(=O)c1cc(Br)ccc1N. The molecule has 0 heterocycles. The van der Waals surface area contributed by atoms with Crippen LogP contribution in [0.2, 0.25) is 0 Å².